The maximum absolute atomic E-state index is 12.3. The number of benzene rings is 3. The molecule has 0 saturated heterocycles. The van der Waals surface area contributed by atoms with E-state index in [-0.39, 0.29) is 11.9 Å². The molecular formula is C23H23NO3. The van der Waals surface area contributed by atoms with Gasteiger partial charge in [-0.3, -0.25) is 4.79 Å². The lowest BCUT2D eigenvalue weighted by Gasteiger charge is -2.14. The highest BCUT2D eigenvalue weighted by molar-refractivity contribution is 5.92. The average Bonchev–Trinajstić information content (AvgIpc) is 2.71. The van der Waals surface area contributed by atoms with Crippen molar-refractivity contribution in [3.8, 4) is 11.5 Å². The van der Waals surface area contributed by atoms with Crippen molar-refractivity contribution in [2.24, 2.45) is 0 Å². The first-order valence-electron chi connectivity index (χ1n) is 8.80. The van der Waals surface area contributed by atoms with Crippen LogP contribution in [0.15, 0.2) is 66.7 Å². The zero-order valence-corrected chi connectivity index (χ0v) is 15.7. The largest absolute Gasteiger partial charge is 0.493 e. The summed E-state index contributed by atoms with van der Waals surface area (Å²) in [4.78, 5) is 12.3. The fraction of sp³-hybridized carbons (Fsp3) is 0.174. The number of hydrogen-bond acceptors (Lipinski definition) is 3. The van der Waals surface area contributed by atoms with Crippen LogP contribution in [0.2, 0.25) is 0 Å². The van der Waals surface area contributed by atoms with Crippen LogP contribution in [-0.2, 0) is 4.79 Å². The first kappa shape index (κ1) is 18.5. The van der Waals surface area contributed by atoms with Gasteiger partial charge in [0.1, 0.15) is 0 Å². The highest BCUT2D eigenvalue weighted by Crippen LogP contribution is 2.31. The lowest BCUT2D eigenvalue weighted by molar-refractivity contribution is -0.117. The van der Waals surface area contributed by atoms with E-state index in [1.165, 1.54) is 11.5 Å². The molecule has 0 aromatic heterocycles. The first-order valence-corrected chi connectivity index (χ1v) is 8.80. The molecule has 0 aliphatic rings. The molecule has 0 saturated carbocycles. The van der Waals surface area contributed by atoms with Crippen LogP contribution < -0.4 is 14.8 Å². The third kappa shape index (κ3) is 4.29. The van der Waals surface area contributed by atoms with E-state index in [2.05, 4.69) is 29.6 Å². The molecule has 4 heteroatoms. The SMILES string of the molecule is COc1cccc(C=CC(=O)NC(C)c2ccc3ccccc3c2)c1OC. The van der Waals surface area contributed by atoms with Crippen LogP contribution in [0.1, 0.15) is 24.1 Å². The molecule has 0 spiro atoms. The molecule has 1 unspecified atom stereocenters. The van der Waals surface area contributed by atoms with Gasteiger partial charge in [0.25, 0.3) is 0 Å². The number of amides is 1. The molecule has 3 aromatic carbocycles. The Balaban J connectivity index is 1.72. The summed E-state index contributed by atoms with van der Waals surface area (Å²) < 4.78 is 10.7. The molecule has 4 nitrogen and oxygen atoms in total. The van der Waals surface area contributed by atoms with Crippen molar-refractivity contribution >= 4 is 22.8 Å². The Morgan fingerprint density at radius 1 is 0.963 bits per heavy atom. The molecule has 0 fully saturated rings. The maximum atomic E-state index is 12.3. The minimum atomic E-state index is -0.166. The van der Waals surface area contributed by atoms with Crippen LogP contribution in [0.4, 0.5) is 0 Å². The van der Waals surface area contributed by atoms with E-state index in [1.807, 2.05) is 43.3 Å². The van der Waals surface area contributed by atoms with E-state index in [0.29, 0.717) is 11.5 Å². The summed E-state index contributed by atoms with van der Waals surface area (Å²) in [6.07, 6.45) is 3.23. The molecule has 1 amide bonds. The summed E-state index contributed by atoms with van der Waals surface area (Å²) in [5.74, 6) is 1.07. The van der Waals surface area contributed by atoms with Crippen LogP contribution in [-0.4, -0.2) is 20.1 Å². The lowest BCUT2D eigenvalue weighted by atomic mass is 10.0. The number of para-hydroxylation sites is 1. The third-order valence-electron chi connectivity index (χ3n) is 4.48. The number of ether oxygens (including phenoxy) is 2. The second kappa shape index (κ2) is 8.41. The van der Waals surface area contributed by atoms with Crippen LogP contribution in [0.5, 0.6) is 11.5 Å². The number of fused-ring (bicyclic) bond motifs is 1. The van der Waals surface area contributed by atoms with Crippen molar-refractivity contribution < 1.29 is 14.3 Å². The molecule has 0 aliphatic heterocycles. The van der Waals surface area contributed by atoms with Crippen LogP contribution in [0.3, 0.4) is 0 Å². The minimum Gasteiger partial charge on any atom is -0.493 e. The number of nitrogens with one attached hydrogen (secondary N) is 1. The Morgan fingerprint density at radius 2 is 1.74 bits per heavy atom. The van der Waals surface area contributed by atoms with Crippen molar-refractivity contribution in [2.45, 2.75) is 13.0 Å². The van der Waals surface area contributed by atoms with Crippen LogP contribution in [0.25, 0.3) is 16.8 Å². The molecule has 3 rings (SSSR count). The van der Waals surface area contributed by atoms with Gasteiger partial charge in [0.05, 0.1) is 20.3 Å². The van der Waals surface area contributed by atoms with Crippen LogP contribution >= 0.6 is 0 Å². The van der Waals surface area contributed by atoms with E-state index in [0.717, 1.165) is 16.5 Å². The van der Waals surface area contributed by atoms with E-state index >= 15 is 0 Å². The Hall–Kier alpha value is -3.27. The normalized spacial score (nSPS) is 12.1. The third-order valence-corrected chi connectivity index (χ3v) is 4.48. The van der Waals surface area contributed by atoms with Gasteiger partial charge in [0.15, 0.2) is 11.5 Å². The van der Waals surface area contributed by atoms with Gasteiger partial charge in [0.2, 0.25) is 5.91 Å². The minimum absolute atomic E-state index is 0.0982. The number of carbonyl (C=O) groups excluding carboxylic acids is 1. The highest BCUT2D eigenvalue weighted by Gasteiger charge is 2.10. The second-order valence-corrected chi connectivity index (χ2v) is 6.25. The summed E-state index contributed by atoms with van der Waals surface area (Å²) in [5.41, 5.74) is 1.85. The predicted octanol–water partition coefficient (Wildman–Crippen LogP) is 4.75. The van der Waals surface area contributed by atoms with E-state index < -0.39 is 0 Å². The smallest absolute Gasteiger partial charge is 0.244 e. The van der Waals surface area contributed by atoms with E-state index in [9.17, 15) is 4.79 Å². The quantitative estimate of drug-likeness (QED) is 0.645. The van der Waals surface area contributed by atoms with Crippen molar-refractivity contribution in [1.29, 1.82) is 0 Å². The molecule has 1 atom stereocenters. The number of methoxy groups -OCH3 is 2. The van der Waals surface area contributed by atoms with Gasteiger partial charge in [-0.2, -0.15) is 0 Å². The molecule has 0 bridgehead atoms. The van der Waals surface area contributed by atoms with Crippen molar-refractivity contribution in [1.82, 2.24) is 5.32 Å². The van der Waals surface area contributed by atoms with Crippen molar-refractivity contribution in [2.75, 3.05) is 14.2 Å². The summed E-state index contributed by atoms with van der Waals surface area (Å²) in [7, 11) is 3.17. The van der Waals surface area contributed by atoms with Crippen molar-refractivity contribution in [3.63, 3.8) is 0 Å². The van der Waals surface area contributed by atoms with Gasteiger partial charge in [0, 0.05) is 11.6 Å². The summed E-state index contributed by atoms with van der Waals surface area (Å²) >= 11 is 0. The number of hydrogen-bond donors (Lipinski definition) is 1. The first-order chi connectivity index (χ1) is 13.1. The molecule has 0 heterocycles. The average molecular weight is 361 g/mol. The summed E-state index contributed by atoms with van der Waals surface area (Å²) in [6, 6.07) is 19.9. The second-order valence-electron chi connectivity index (χ2n) is 6.25. The molecule has 27 heavy (non-hydrogen) atoms. The van der Waals surface area contributed by atoms with Gasteiger partial charge < -0.3 is 14.8 Å². The summed E-state index contributed by atoms with van der Waals surface area (Å²) in [6.45, 7) is 1.97. The van der Waals surface area contributed by atoms with Gasteiger partial charge >= 0.3 is 0 Å². The summed E-state index contributed by atoms with van der Waals surface area (Å²) in [5, 5.41) is 5.34. The standard InChI is InChI=1S/C23H23NO3/c1-16(19-12-11-17-7-4-5-8-20(17)15-19)24-22(25)14-13-18-9-6-10-21(26-2)23(18)27-3/h4-16H,1-3H3,(H,24,25). The Labute approximate surface area is 159 Å². The highest BCUT2D eigenvalue weighted by atomic mass is 16.5. The molecule has 0 radical (unpaired) electrons. The monoisotopic (exact) mass is 361 g/mol. The zero-order valence-electron chi connectivity index (χ0n) is 15.7. The van der Waals surface area contributed by atoms with E-state index in [1.54, 1.807) is 20.3 Å². The molecule has 0 aliphatic carbocycles. The molecular weight excluding hydrogens is 338 g/mol. The fourth-order valence-electron chi connectivity index (χ4n) is 3.03. The Morgan fingerprint density at radius 3 is 2.48 bits per heavy atom. The topological polar surface area (TPSA) is 47.6 Å². The molecule has 1 N–H and O–H groups in total. The van der Waals surface area contributed by atoms with Gasteiger partial charge in [-0.1, -0.05) is 48.5 Å². The number of rotatable bonds is 6. The Kier molecular flexibility index (Phi) is 5.77. The maximum Gasteiger partial charge on any atom is 0.244 e. The Bertz CT molecular complexity index is 978. The molecule has 3 aromatic rings. The number of carbonyl (C=O) groups is 1. The zero-order chi connectivity index (χ0) is 19.2. The van der Waals surface area contributed by atoms with Crippen molar-refractivity contribution in [3.05, 3.63) is 77.9 Å². The van der Waals surface area contributed by atoms with Gasteiger partial charge in [-0.25, -0.2) is 0 Å². The van der Waals surface area contributed by atoms with Gasteiger partial charge in [-0.05, 0) is 41.5 Å². The lowest BCUT2D eigenvalue weighted by Crippen LogP contribution is -2.24. The van der Waals surface area contributed by atoms with E-state index in [4.69, 9.17) is 9.47 Å². The van der Waals surface area contributed by atoms with Gasteiger partial charge in [-0.15, -0.1) is 0 Å². The molecule has 138 valence electrons. The fourth-order valence-corrected chi connectivity index (χ4v) is 3.03. The van der Waals surface area contributed by atoms with Crippen LogP contribution in [0, 0.1) is 0 Å². The predicted molar refractivity (Wildman–Crippen MR) is 109 cm³/mol.